The van der Waals surface area contributed by atoms with Crippen LogP contribution in [-0.2, 0) is 10.0 Å². The highest BCUT2D eigenvalue weighted by molar-refractivity contribution is 7.89. The molecule has 1 aliphatic carbocycles. The van der Waals surface area contributed by atoms with Crippen LogP contribution in [0.4, 0.5) is 8.78 Å². The lowest BCUT2D eigenvalue weighted by Gasteiger charge is -2.11. The molecule has 0 heterocycles. The Hall–Kier alpha value is -1.21. The van der Waals surface area contributed by atoms with Gasteiger partial charge in [-0.3, -0.25) is 0 Å². The van der Waals surface area contributed by atoms with Crippen LogP contribution in [0.25, 0.3) is 0 Å². The van der Waals surface area contributed by atoms with Crippen LogP contribution in [0, 0.1) is 17.6 Å². The summed E-state index contributed by atoms with van der Waals surface area (Å²) in [6.07, 6.45) is 2.94. The molecule has 18 heavy (non-hydrogen) atoms. The van der Waals surface area contributed by atoms with E-state index in [9.17, 15) is 17.2 Å². The predicted octanol–water partition coefficient (Wildman–Crippen LogP) is 1.79. The average molecular weight is 277 g/mol. The Labute approximate surface area is 104 Å². The van der Waals surface area contributed by atoms with Gasteiger partial charge in [-0.1, -0.05) is 12.8 Å². The van der Waals surface area contributed by atoms with Crippen molar-refractivity contribution in [2.45, 2.75) is 24.2 Å². The van der Waals surface area contributed by atoms with Crippen molar-refractivity contribution >= 4 is 10.0 Å². The molecule has 0 atom stereocenters. The maximum Gasteiger partial charge on any atom is 0.241 e. The van der Waals surface area contributed by atoms with Crippen molar-refractivity contribution in [1.29, 1.82) is 0 Å². The third kappa shape index (κ3) is 3.17. The molecule has 1 aromatic rings. The number of nitrogens with two attached hydrogens (primary N) is 1. The minimum atomic E-state index is -4.22. The van der Waals surface area contributed by atoms with Gasteiger partial charge in [0.1, 0.15) is 10.7 Å². The van der Waals surface area contributed by atoms with Crippen LogP contribution in [0.2, 0.25) is 0 Å². The average Bonchev–Trinajstić information content (AvgIpc) is 3.03. The first kappa shape index (κ1) is 13.2. The van der Waals surface area contributed by atoms with E-state index in [4.69, 9.17) is 9.88 Å². The van der Waals surface area contributed by atoms with E-state index in [1.54, 1.807) is 0 Å². The van der Waals surface area contributed by atoms with Crippen LogP contribution in [0.1, 0.15) is 19.3 Å². The zero-order valence-corrected chi connectivity index (χ0v) is 10.3. The molecule has 0 amide bonds. The van der Waals surface area contributed by atoms with E-state index in [1.165, 1.54) is 0 Å². The van der Waals surface area contributed by atoms with Crippen molar-refractivity contribution in [3.05, 3.63) is 23.8 Å². The number of sulfonamides is 1. The predicted molar refractivity (Wildman–Crippen MR) is 60.6 cm³/mol. The molecule has 4 nitrogen and oxygen atoms in total. The Kier molecular flexibility index (Phi) is 3.54. The molecule has 0 radical (unpaired) electrons. The number of hydrogen-bond acceptors (Lipinski definition) is 3. The monoisotopic (exact) mass is 277 g/mol. The van der Waals surface area contributed by atoms with E-state index >= 15 is 0 Å². The second-order valence-electron chi connectivity index (χ2n) is 4.34. The van der Waals surface area contributed by atoms with Crippen molar-refractivity contribution < 1.29 is 21.9 Å². The first-order valence-corrected chi connectivity index (χ1v) is 7.07. The molecule has 1 fully saturated rings. The summed E-state index contributed by atoms with van der Waals surface area (Å²) in [7, 11) is -4.22. The molecule has 0 aromatic heterocycles. The summed E-state index contributed by atoms with van der Waals surface area (Å²) >= 11 is 0. The lowest BCUT2D eigenvalue weighted by molar-refractivity contribution is 0.279. The summed E-state index contributed by atoms with van der Waals surface area (Å²) in [6, 6.07) is 1.23. The first-order valence-electron chi connectivity index (χ1n) is 5.52. The molecule has 2 rings (SSSR count). The molecule has 0 spiro atoms. The molecule has 0 unspecified atom stereocenters. The summed E-state index contributed by atoms with van der Waals surface area (Å²) in [4.78, 5) is -0.657. The lowest BCUT2D eigenvalue weighted by Crippen LogP contribution is -2.15. The number of ether oxygens (including phenoxy) is 1. The van der Waals surface area contributed by atoms with Gasteiger partial charge in [0, 0.05) is 6.07 Å². The summed E-state index contributed by atoms with van der Waals surface area (Å²) in [6.45, 7) is 0.190. The van der Waals surface area contributed by atoms with E-state index in [0.717, 1.165) is 19.3 Å². The SMILES string of the molecule is NS(=O)(=O)c1cc(F)cc(F)c1OCCC1CC1. The number of halogens is 2. The van der Waals surface area contributed by atoms with Crippen molar-refractivity contribution in [3.63, 3.8) is 0 Å². The lowest BCUT2D eigenvalue weighted by atomic mass is 10.3. The standard InChI is InChI=1S/C11H13F2NO3S/c12-8-5-9(13)11(10(6-8)18(14,15)16)17-4-3-7-1-2-7/h5-7H,1-4H2,(H2,14,15,16). The Morgan fingerprint density at radius 1 is 1.33 bits per heavy atom. The van der Waals surface area contributed by atoms with Gasteiger partial charge in [0.25, 0.3) is 0 Å². The van der Waals surface area contributed by atoms with Crippen molar-refractivity contribution in [2.24, 2.45) is 11.1 Å². The van der Waals surface area contributed by atoms with Crippen LogP contribution in [0.3, 0.4) is 0 Å². The summed E-state index contributed by atoms with van der Waals surface area (Å²) < 4.78 is 54.0. The van der Waals surface area contributed by atoms with E-state index < -0.39 is 32.3 Å². The molecule has 0 bridgehead atoms. The van der Waals surface area contributed by atoms with Gasteiger partial charge in [0.15, 0.2) is 11.6 Å². The molecule has 0 aliphatic heterocycles. The van der Waals surface area contributed by atoms with Gasteiger partial charge in [-0.25, -0.2) is 22.3 Å². The smallest absolute Gasteiger partial charge is 0.241 e. The largest absolute Gasteiger partial charge is 0.489 e. The molecule has 100 valence electrons. The number of benzene rings is 1. The van der Waals surface area contributed by atoms with E-state index in [1.807, 2.05) is 0 Å². The molecular formula is C11H13F2NO3S. The van der Waals surface area contributed by atoms with E-state index in [0.29, 0.717) is 18.1 Å². The molecule has 7 heteroatoms. The molecule has 2 N–H and O–H groups in total. The second kappa shape index (κ2) is 4.81. The maximum absolute atomic E-state index is 13.5. The summed E-state index contributed by atoms with van der Waals surface area (Å²) in [5.41, 5.74) is 0. The fraction of sp³-hybridized carbons (Fsp3) is 0.455. The van der Waals surface area contributed by atoms with Gasteiger partial charge >= 0.3 is 0 Å². The topological polar surface area (TPSA) is 69.4 Å². The minimum Gasteiger partial charge on any atom is -0.489 e. The maximum atomic E-state index is 13.5. The Bertz CT molecular complexity index is 556. The molecule has 1 saturated carbocycles. The van der Waals surface area contributed by atoms with Crippen molar-refractivity contribution in [2.75, 3.05) is 6.61 Å². The highest BCUT2D eigenvalue weighted by Gasteiger charge is 2.24. The van der Waals surface area contributed by atoms with E-state index in [-0.39, 0.29) is 6.61 Å². The van der Waals surface area contributed by atoms with Crippen LogP contribution in [-0.4, -0.2) is 15.0 Å². The van der Waals surface area contributed by atoms with Gasteiger partial charge in [0.05, 0.1) is 6.61 Å². The fourth-order valence-corrected chi connectivity index (χ4v) is 2.31. The quantitative estimate of drug-likeness (QED) is 0.892. The summed E-state index contributed by atoms with van der Waals surface area (Å²) in [5, 5.41) is 4.90. The van der Waals surface area contributed by atoms with Gasteiger partial charge in [-0.05, 0) is 18.4 Å². The molecule has 1 aromatic carbocycles. The van der Waals surface area contributed by atoms with Crippen molar-refractivity contribution in [3.8, 4) is 5.75 Å². The Balaban J connectivity index is 2.25. The highest BCUT2D eigenvalue weighted by Crippen LogP contribution is 2.33. The normalized spacial score (nSPS) is 15.7. The minimum absolute atomic E-state index is 0.190. The van der Waals surface area contributed by atoms with Gasteiger partial charge in [0.2, 0.25) is 10.0 Å². The van der Waals surface area contributed by atoms with Crippen LogP contribution in [0.15, 0.2) is 17.0 Å². The molecule has 0 saturated heterocycles. The number of hydrogen-bond donors (Lipinski definition) is 1. The first-order chi connectivity index (χ1) is 8.38. The fourth-order valence-electron chi connectivity index (χ4n) is 1.62. The second-order valence-corrected chi connectivity index (χ2v) is 5.87. The zero-order valence-electron chi connectivity index (χ0n) is 9.53. The molecular weight excluding hydrogens is 264 g/mol. The van der Waals surface area contributed by atoms with Crippen LogP contribution < -0.4 is 9.88 Å². The van der Waals surface area contributed by atoms with Crippen molar-refractivity contribution in [1.82, 2.24) is 0 Å². The van der Waals surface area contributed by atoms with Gasteiger partial charge < -0.3 is 4.74 Å². The summed E-state index contributed by atoms with van der Waals surface area (Å²) in [5.74, 6) is -2.01. The number of primary sulfonamides is 1. The zero-order chi connectivity index (χ0) is 13.3. The Morgan fingerprint density at radius 2 is 2.00 bits per heavy atom. The van der Waals surface area contributed by atoms with Gasteiger partial charge in [-0.15, -0.1) is 0 Å². The third-order valence-electron chi connectivity index (χ3n) is 2.75. The number of rotatable bonds is 5. The Morgan fingerprint density at radius 3 is 2.56 bits per heavy atom. The van der Waals surface area contributed by atoms with Gasteiger partial charge in [-0.2, -0.15) is 0 Å². The van der Waals surface area contributed by atoms with E-state index in [2.05, 4.69) is 0 Å². The molecule has 1 aliphatic rings. The highest BCUT2D eigenvalue weighted by atomic mass is 32.2. The van der Waals surface area contributed by atoms with Crippen LogP contribution in [0.5, 0.6) is 5.75 Å². The third-order valence-corrected chi connectivity index (χ3v) is 3.67. The van der Waals surface area contributed by atoms with Crippen LogP contribution >= 0.6 is 0 Å².